The number of nitrogens with one attached hydrogen (secondary N) is 1. The molecule has 1 amide bonds. The fraction of sp³-hybridized carbons (Fsp3) is 0.410. The van der Waals surface area contributed by atoms with Gasteiger partial charge in [-0.3, -0.25) is 14.4 Å². The Balaban J connectivity index is 1.14. The number of hydrogen-bond acceptors (Lipinski definition) is 7. The van der Waals surface area contributed by atoms with Gasteiger partial charge in [-0.1, -0.05) is 43.2 Å². The zero-order valence-corrected chi connectivity index (χ0v) is 27.8. The molecule has 10 nitrogen and oxygen atoms in total. The molecule has 49 heavy (non-hydrogen) atoms. The van der Waals surface area contributed by atoms with Crippen molar-refractivity contribution in [3.63, 3.8) is 0 Å². The summed E-state index contributed by atoms with van der Waals surface area (Å²) in [6, 6.07) is 11.4. The summed E-state index contributed by atoms with van der Waals surface area (Å²) in [6.45, 7) is 0.745. The van der Waals surface area contributed by atoms with E-state index in [2.05, 4.69) is 11.4 Å². The van der Waals surface area contributed by atoms with Gasteiger partial charge in [0.15, 0.2) is 11.5 Å². The Hall–Kier alpha value is -4.99. The molecule has 0 bridgehead atoms. The minimum absolute atomic E-state index is 0.00499. The Kier molecular flexibility index (Phi) is 12.9. The lowest BCUT2D eigenvalue weighted by Crippen LogP contribution is -2.25. The van der Waals surface area contributed by atoms with E-state index in [0.717, 1.165) is 74.5 Å². The number of rotatable bonds is 20. The van der Waals surface area contributed by atoms with Crippen LogP contribution in [-0.4, -0.2) is 47.3 Å². The molecule has 0 atom stereocenters. The molecule has 1 saturated carbocycles. The third kappa shape index (κ3) is 11.3. The summed E-state index contributed by atoms with van der Waals surface area (Å²) in [6.07, 6.45) is 18.2. The van der Waals surface area contributed by atoms with Crippen LogP contribution < -0.4 is 14.8 Å². The summed E-state index contributed by atoms with van der Waals surface area (Å²) in [5.74, 6) is 0.490. The number of benzene rings is 2. The van der Waals surface area contributed by atoms with Crippen LogP contribution in [0.4, 0.5) is 0 Å². The van der Waals surface area contributed by atoms with Crippen LogP contribution in [0, 0.1) is 0 Å². The number of unbranched alkanes of at least 4 members (excludes halogenated alkanes) is 3. The van der Waals surface area contributed by atoms with Gasteiger partial charge in [0.1, 0.15) is 24.0 Å². The van der Waals surface area contributed by atoms with Crippen LogP contribution in [0.5, 0.6) is 11.5 Å². The fourth-order valence-electron chi connectivity index (χ4n) is 5.72. The van der Waals surface area contributed by atoms with E-state index in [1.165, 1.54) is 0 Å². The highest BCUT2D eigenvalue weighted by Gasteiger charge is 2.25. The number of carboxylic acids is 2. The van der Waals surface area contributed by atoms with E-state index in [1.54, 1.807) is 24.7 Å². The molecule has 0 spiro atoms. The van der Waals surface area contributed by atoms with Crippen LogP contribution >= 0.6 is 0 Å². The fourth-order valence-corrected chi connectivity index (χ4v) is 5.72. The highest BCUT2D eigenvalue weighted by Crippen LogP contribution is 2.33. The van der Waals surface area contributed by atoms with Gasteiger partial charge in [0.05, 0.1) is 13.2 Å². The summed E-state index contributed by atoms with van der Waals surface area (Å²) in [5.41, 5.74) is 4.19. The van der Waals surface area contributed by atoms with Crippen molar-refractivity contribution in [3.05, 3.63) is 101 Å². The van der Waals surface area contributed by atoms with E-state index >= 15 is 0 Å². The zero-order valence-electron chi connectivity index (χ0n) is 27.8. The number of amides is 1. The van der Waals surface area contributed by atoms with E-state index < -0.39 is 11.9 Å². The summed E-state index contributed by atoms with van der Waals surface area (Å²) in [4.78, 5) is 35.2. The topological polar surface area (TPSA) is 141 Å². The molecule has 2 aromatic carbocycles. The molecule has 2 aromatic rings. The molecule has 1 heterocycles. The molecule has 5 rings (SSSR count). The van der Waals surface area contributed by atoms with Crippen molar-refractivity contribution in [2.24, 2.45) is 0 Å². The average Bonchev–Trinajstić information content (AvgIpc) is 3.93. The third-order valence-corrected chi connectivity index (χ3v) is 8.49. The summed E-state index contributed by atoms with van der Waals surface area (Å²) < 4.78 is 23.9. The summed E-state index contributed by atoms with van der Waals surface area (Å²) in [7, 11) is 0. The van der Waals surface area contributed by atoms with Crippen LogP contribution in [0.1, 0.15) is 97.7 Å². The van der Waals surface area contributed by atoms with Crippen molar-refractivity contribution in [2.45, 2.75) is 89.5 Å². The maximum absolute atomic E-state index is 13.0. The first-order valence-electron chi connectivity index (χ1n) is 17.2. The first-order chi connectivity index (χ1) is 23.9. The largest absolute Gasteiger partial charge is 0.494 e. The van der Waals surface area contributed by atoms with Crippen LogP contribution in [0.15, 0.2) is 78.5 Å². The zero-order chi connectivity index (χ0) is 34.4. The second-order valence-corrected chi connectivity index (χ2v) is 12.5. The Morgan fingerprint density at radius 2 is 1.65 bits per heavy atom. The predicted molar refractivity (Wildman–Crippen MR) is 184 cm³/mol. The van der Waals surface area contributed by atoms with Crippen LogP contribution in [0.3, 0.4) is 0 Å². The molecular formula is C39H45NO9. The number of aryl methyl sites for hydroxylation is 1. The molecular weight excluding hydrogens is 626 g/mol. The van der Waals surface area contributed by atoms with Gasteiger partial charge >= 0.3 is 11.9 Å². The highest BCUT2D eigenvalue weighted by atomic mass is 16.5. The number of carbonyl (C=O) groups excluding carboxylic acids is 1. The van der Waals surface area contributed by atoms with Gasteiger partial charge in [-0.25, -0.2) is 0 Å². The minimum Gasteiger partial charge on any atom is -0.494 e. The van der Waals surface area contributed by atoms with Crippen molar-refractivity contribution < 1.29 is 43.5 Å². The molecule has 3 N–H and O–H groups in total. The molecule has 0 aromatic heterocycles. The molecule has 1 aliphatic heterocycles. The van der Waals surface area contributed by atoms with Gasteiger partial charge in [-0.2, -0.15) is 0 Å². The number of carbonyl (C=O) groups is 3. The lowest BCUT2D eigenvalue weighted by molar-refractivity contribution is -0.138. The Morgan fingerprint density at radius 3 is 2.43 bits per heavy atom. The van der Waals surface area contributed by atoms with E-state index in [0.29, 0.717) is 53.6 Å². The van der Waals surface area contributed by atoms with Crippen LogP contribution in [-0.2, 0) is 31.9 Å². The Bertz CT molecular complexity index is 1620. The molecule has 0 saturated heterocycles. The molecule has 3 aliphatic rings. The SMILES string of the molecule is O=C(O)CCCOc1cccc(CCCCCCOc2cc(C(=O)NC3CC3)cc(C3=COC=C(C4=CC=CCC4)O3)c2)c1CCC(=O)O. The third-order valence-electron chi connectivity index (χ3n) is 8.49. The Morgan fingerprint density at radius 1 is 0.857 bits per heavy atom. The molecule has 0 unspecified atom stereocenters. The first kappa shape index (κ1) is 35.3. The summed E-state index contributed by atoms with van der Waals surface area (Å²) in [5, 5.41) is 21.2. The summed E-state index contributed by atoms with van der Waals surface area (Å²) >= 11 is 0. The number of aliphatic carboxylic acids is 2. The maximum atomic E-state index is 13.0. The lowest BCUT2D eigenvalue weighted by Gasteiger charge is -2.20. The van der Waals surface area contributed by atoms with Gasteiger partial charge in [0.25, 0.3) is 5.91 Å². The van der Waals surface area contributed by atoms with Gasteiger partial charge in [-0.05, 0) is 98.8 Å². The van der Waals surface area contributed by atoms with Crippen molar-refractivity contribution >= 4 is 23.6 Å². The van der Waals surface area contributed by atoms with Gasteiger partial charge in [0.2, 0.25) is 0 Å². The van der Waals surface area contributed by atoms with Crippen molar-refractivity contribution in [3.8, 4) is 11.5 Å². The number of ether oxygens (including phenoxy) is 4. The van der Waals surface area contributed by atoms with Crippen molar-refractivity contribution in [2.75, 3.05) is 13.2 Å². The van der Waals surface area contributed by atoms with Gasteiger partial charge in [-0.15, -0.1) is 0 Å². The van der Waals surface area contributed by atoms with Gasteiger partial charge in [0, 0.05) is 30.0 Å². The molecule has 260 valence electrons. The first-order valence-corrected chi connectivity index (χ1v) is 17.2. The van der Waals surface area contributed by atoms with E-state index in [1.807, 2.05) is 36.4 Å². The lowest BCUT2D eigenvalue weighted by atomic mass is 9.97. The predicted octanol–water partition coefficient (Wildman–Crippen LogP) is 7.48. The average molecular weight is 672 g/mol. The van der Waals surface area contributed by atoms with E-state index in [4.69, 9.17) is 24.1 Å². The van der Waals surface area contributed by atoms with E-state index in [9.17, 15) is 19.5 Å². The quantitative estimate of drug-likeness (QED) is 0.122. The minimum atomic E-state index is -0.875. The molecule has 2 aliphatic carbocycles. The van der Waals surface area contributed by atoms with Gasteiger partial charge < -0.3 is 34.5 Å². The normalized spacial score (nSPS) is 15.2. The van der Waals surface area contributed by atoms with Crippen LogP contribution in [0.2, 0.25) is 0 Å². The number of hydrogen-bond donors (Lipinski definition) is 3. The molecule has 1 fully saturated rings. The Labute approximate surface area is 287 Å². The highest BCUT2D eigenvalue weighted by molar-refractivity contribution is 5.96. The van der Waals surface area contributed by atoms with Crippen molar-refractivity contribution in [1.29, 1.82) is 0 Å². The monoisotopic (exact) mass is 671 g/mol. The second kappa shape index (κ2) is 18.0. The standard InChI is InChI=1S/C39H45NO9/c41-37(42)15-9-21-48-34-14-8-13-27(33(34)18-19-38(43)44)10-4-1-2-7-20-47-32-23-29(22-30(24-32)39(45)40-31-16-17-31)36-26-46-25-35(49-36)28-11-5-3-6-12-28/h3,5,8,11,13-14,22-26,31H,1-2,4,6-7,9-10,12,15-21H2,(H,40,45)(H,41,42)(H,43,44). The number of carboxylic acid groups (broad SMARTS) is 2. The molecule has 10 heteroatoms. The van der Waals surface area contributed by atoms with Crippen LogP contribution in [0.25, 0.3) is 5.76 Å². The number of allylic oxidation sites excluding steroid dienone is 4. The second-order valence-electron chi connectivity index (χ2n) is 12.5. The smallest absolute Gasteiger partial charge is 0.303 e. The van der Waals surface area contributed by atoms with E-state index in [-0.39, 0.29) is 31.4 Å². The molecule has 0 radical (unpaired) electrons. The maximum Gasteiger partial charge on any atom is 0.303 e. The van der Waals surface area contributed by atoms with Crippen molar-refractivity contribution in [1.82, 2.24) is 5.32 Å².